The van der Waals surface area contributed by atoms with Crippen LogP contribution >= 0.6 is 0 Å². The molecule has 2 N–H and O–H groups in total. The first-order chi connectivity index (χ1) is 12.9. The van der Waals surface area contributed by atoms with Crippen molar-refractivity contribution in [3.05, 3.63) is 68.6 Å². The Kier molecular flexibility index (Phi) is 4.54. The molecule has 148 valence electrons. The fourth-order valence-electron chi connectivity index (χ4n) is 2.46. The van der Waals surface area contributed by atoms with Crippen molar-refractivity contribution in [2.45, 2.75) is 11.1 Å². The number of nitrogens with one attached hydrogen (secondary N) is 2. The summed E-state index contributed by atoms with van der Waals surface area (Å²) in [4.78, 5) is 24.9. The Balaban J connectivity index is 2.08. The summed E-state index contributed by atoms with van der Waals surface area (Å²) in [5, 5.41) is -0.0492. The van der Waals surface area contributed by atoms with E-state index < -0.39 is 43.7 Å². The molecule has 7 nitrogen and oxygen atoms in total. The molecule has 0 spiro atoms. The average Bonchev–Trinajstić information content (AvgIpc) is 2.59. The van der Waals surface area contributed by atoms with Crippen LogP contribution in [0.2, 0.25) is 0 Å². The van der Waals surface area contributed by atoms with E-state index >= 15 is 0 Å². The predicted octanol–water partition coefficient (Wildman–Crippen LogP) is 2.19. The number of alkyl halides is 3. The monoisotopic (exact) mass is 417 g/mol. The molecule has 0 bridgehead atoms. The maximum absolute atomic E-state index is 13.9. The molecule has 0 saturated carbocycles. The SMILES string of the molecule is Cn1c(=O)[nH]c2ccc(NS(=O)(=O)c3cc(C(F)(F)F)ccc3F)cc2c1=O. The van der Waals surface area contributed by atoms with Gasteiger partial charge in [0.15, 0.2) is 0 Å². The Bertz CT molecular complexity index is 1310. The maximum atomic E-state index is 13.9. The van der Waals surface area contributed by atoms with Crippen LogP contribution in [0.15, 0.2) is 50.9 Å². The summed E-state index contributed by atoms with van der Waals surface area (Å²) in [5.74, 6) is -1.37. The average molecular weight is 417 g/mol. The minimum atomic E-state index is -4.86. The van der Waals surface area contributed by atoms with Crippen LogP contribution in [0.3, 0.4) is 0 Å². The second-order valence-electron chi connectivity index (χ2n) is 5.80. The van der Waals surface area contributed by atoms with Gasteiger partial charge in [0.1, 0.15) is 10.7 Å². The molecule has 0 atom stereocenters. The summed E-state index contributed by atoms with van der Waals surface area (Å²) >= 11 is 0. The van der Waals surface area contributed by atoms with Gasteiger partial charge in [-0.25, -0.2) is 17.6 Å². The van der Waals surface area contributed by atoms with Crippen molar-refractivity contribution in [1.82, 2.24) is 9.55 Å². The lowest BCUT2D eigenvalue weighted by atomic mass is 10.2. The van der Waals surface area contributed by atoms with Crippen LogP contribution < -0.4 is 16.0 Å². The summed E-state index contributed by atoms with van der Waals surface area (Å²) in [7, 11) is -3.53. The minimum absolute atomic E-state index is 0.0492. The third-order valence-corrected chi connectivity index (χ3v) is 5.30. The molecular formula is C16H11F4N3O4S. The highest BCUT2D eigenvalue weighted by atomic mass is 32.2. The number of aromatic amines is 1. The number of sulfonamides is 1. The normalized spacial score (nSPS) is 12.3. The number of rotatable bonds is 3. The van der Waals surface area contributed by atoms with Crippen LogP contribution in [-0.4, -0.2) is 18.0 Å². The van der Waals surface area contributed by atoms with Crippen LogP contribution in [0.1, 0.15) is 5.56 Å². The zero-order chi connectivity index (χ0) is 20.9. The molecule has 0 amide bonds. The third-order valence-electron chi connectivity index (χ3n) is 3.90. The predicted molar refractivity (Wildman–Crippen MR) is 92.0 cm³/mol. The van der Waals surface area contributed by atoms with E-state index in [-0.39, 0.29) is 22.7 Å². The molecule has 0 unspecified atom stereocenters. The van der Waals surface area contributed by atoms with Crippen molar-refractivity contribution >= 4 is 26.6 Å². The molecule has 0 aliphatic carbocycles. The number of H-pyrrole nitrogens is 1. The van der Waals surface area contributed by atoms with E-state index in [0.29, 0.717) is 12.1 Å². The molecule has 12 heteroatoms. The molecule has 0 radical (unpaired) electrons. The van der Waals surface area contributed by atoms with Gasteiger partial charge in [0.05, 0.1) is 16.5 Å². The van der Waals surface area contributed by atoms with Gasteiger partial charge >= 0.3 is 11.9 Å². The van der Waals surface area contributed by atoms with E-state index in [1.807, 2.05) is 4.72 Å². The van der Waals surface area contributed by atoms with Gasteiger partial charge in [0.25, 0.3) is 15.6 Å². The number of hydrogen-bond donors (Lipinski definition) is 2. The van der Waals surface area contributed by atoms with E-state index in [4.69, 9.17) is 0 Å². The van der Waals surface area contributed by atoms with Crippen LogP contribution in [0.25, 0.3) is 10.9 Å². The molecular weight excluding hydrogens is 406 g/mol. The van der Waals surface area contributed by atoms with Crippen molar-refractivity contribution in [2.24, 2.45) is 7.05 Å². The first kappa shape index (κ1) is 19.6. The van der Waals surface area contributed by atoms with Gasteiger partial charge in [-0.2, -0.15) is 13.2 Å². The van der Waals surface area contributed by atoms with E-state index in [9.17, 15) is 35.6 Å². The molecule has 1 heterocycles. The topological polar surface area (TPSA) is 101 Å². The van der Waals surface area contributed by atoms with Gasteiger partial charge in [-0.15, -0.1) is 0 Å². The van der Waals surface area contributed by atoms with Gasteiger partial charge in [-0.3, -0.25) is 14.1 Å². The highest BCUT2D eigenvalue weighted by molar-refractivity contribution is 7.92. The number of hydrogen-bond acceptors (Lipinski definition) is 4. The molecule has 2 aromatic carbocycles. The lowest BCUT2D eigenvalue weighted by Crippen LogP contribution is -2.32. The van der Waals surface area contributed by atoms with Crippen LogP contribution in [0.4, 0.5) is 23.2 Å². The highest BCUT2D eigenvalue weighted by Crippen LogP contribution is 2.32. The van der Waals surface area contributed by atoms with Crippen molar-refractivity contribution in [1.29, 1.82) is 0 Å². The van der Waals surface area contributed by atoms with Crippen molar-refractivity contribution in [2.75, 3.05) is 4.72 Å². The smallest absolute Gasteiger partial charge is 0.307 e. The van der Waals surface area contributed by atoms with Crippen LogP contribution in [0.5, 0.6) is 0 Å². The first-order valence-corrected chi connectivity index (χ1v) is 9.01. The van der Waals surface area contributed by atoms with Gasteiger partial charge < -0.3 is 4.98 Å². The van der Waals surface area contributed by atoms with Gasteiger partial charge in [0, 0.05) is 12.7 Å². The number of nitrogens with zero attached hydrogens (tertiary/aromatic N) is 1. The summed E-state index contributed by atoms with van der Waals surface area (Å²) < 4.78 is 79.7. The minimum Gasteiger partial charge on any atom is -0.307 e. The third kappa shape index (κ3) is 3.50. The van der Waals surface area contributed by atoms with Crippen LogP contribution in [0, 0.1) is 5.82 Å². The molecule has 0 fully saturated rings. The van der Waals surface area contributed by atoms with E-state index in [2.05, 4.69) is 4.98 Å². The summed E-state index contributed by atoms with van der Waals surface area (Å²) in [6.45, 7) is 0. The van der Waals surface area contributed by atoms with E-state index in [1.165, 1.54) is 19.2 Å². The van der Waals surface area contributed by atoms with E-state index in [0.717, 1.165) is 10.6 Å². The molecule has 0 saturated heterocycles. The summed E-state index contributed by atoms with van der Waals surface area (Å²) in [6.07, 6.45) is -4.86. The van der Waals surface area contributed by atoms with Gasteiger partial charge in [-0.1, -0.05) is 0 Å². The number of aromatic nitrogens is 2. The summed E-state index contributed by atoms with van der Waals surface area (Å²) in [5.41, 5.74) is -2.81. The lowest BCUT2D eigenvalue weighted by Gasteiger charge is -2.12. The quantitative estimate of drug-likeness (QED) is 0.638. The first-order valence-electron chi connectivity index (χ1n) is 7.53. The van der Waals surface area contributed by atoms with Crippen LogP contribution in [-0.2, 0) is 23.2 Å². The molecule has 3 rings (SSSR count). The molecule has 1 aromatic heterocycles. The maximum Gasteiger partial charge on any atom is 0.416 e. The number of benzene rings is 2. The molecule has 0 aliphatic rings. The zero-order valence-electron chi connectivity index (χ0n) is 14.0. The highest BCUT2D eigenvalue weighted by Gasteiger charge is 2.33. The van der Waals surface area contributed by atoms with Gasteiger partial charge in [-0.05, 0) is 36.4 Å². The van der Waals surface area contributed by atoms with Gasteiger partial charge in [0.2, 0.25) is 0 Å². The van der Waals surface area contributed by atoms with Crippen molar-refractivity contribution in [3.63, 3.8) is 0 Å². The molecule has 28 heavy (non-hydrogen) atoms. The van der Waals surface area contributed by atoms with E-state index in [1.54, 1.807) is 0 Å². The fraction of sp³-hybridized carbons (Fsp3) is 0.125. The van der Waals surface area contributed by atoms with Crippen molar-refractivity contribution in [3.8, 4) is 0 Å². The second kappa shape index (κ2) is 6.48. The second-order valence-corrected chi connectivity index (χ2v) is 7.45. The Morgan fingerprint density at radius 2 is 1.75 bits per heavy atom. The zero-order valence-corrected chi connectivity index (χ0v) is 14.8. The fourth-order valence-corrected chi connectivity index (χ4v) is 3.62. The molecule has 3 aromatic rings. The Hall–Kier alpha value is -3.15. The molecule has 0 aliphatic heterocycles. The lowest BCUT2D eigenvalue weighted by molar-refractivity contribution is -0.137. The Morgan fingerprint density at radius 3 is 2.39 bits per heavy atom. The summed E-state index contributed by atoms with van der Waals surface area (Å²) in [6, 6.07) is 4.48. The Morgan fingerprint density at radius 1 is 1.07 bits per heavy atom. The Labute approximate surface area is 154 Å². The number of halogens is 4. The largest absolute Gasteiger partial charge is 0.416 e. The standard InChI is InChI=1S/C16H11F4N3O4S/c1-23-14(24)10-7-9(3-5-12(10)21-15(23)25)22-28(26,27)13-6-8(16(18,19)20)2-4-11(13)17/h2-7,22H,1H3,(H,21,25). The number of fused-ring (bicyclic) bond motifs is 1. The van der Waals surface area contributed by atoms with Crippen molar-refractivity contribution < 1.29 is 26.0 Å². The number of anilines is 1.